The number of carbonyl (C=O) groups excluding carboxylic acids is 2. The lowest BCUT2D eigenvalue weighted by atomic mass is 10.2. The summed E-state index contributed by atoms with van der Waals surface area (Å²) in [6.07, 6.45) is 0. The maximum Gasteiger partial charge on any atom is 0.283 e. The summed E-state index contributed by atoms with van der Waals surface area (Å²) in [5.74, 6) is -2.10. The highest BCUT2D eigenvalue weighted by Gasteiger charge is 2.18. The molecule has 0 aliphatic heterocycles. The molecule has 0 radical (unpaired) electrons. The van der Waals surface area contributed by atoms with Crippen LogP contribution in [0.5, 0.6) is 0 Å². The van der Waals surface area contributed by atoms with Crippen LogP contribution in [0.4, 0.5) is 15.8 Å². The lowest BCUT2D eigenvalue weighted by molar-refractivity contribution is -0.387. The topological polar surface area (TPSA) is 115 Å². The summed E-state index contributed by atoms with van der Waals surface area (Å²) < 4.78 is 13.3. The standard InChI is InChI=1S/C15H11ClFN3O4S/c16-10-3-2-9(6-11(10)17)19-14(21)7-25-13-4-1-8(15(18)22)5-12(13)20(23)24/h1-6H,7H2,(H2,18,22)(H,19,21). The molecule has 2 rings (SSSR count). The van der Waals surface area contributed by atoms with E-state index in [0.29, 0.717) is 0 Å². The SMILES string of the molecule is NC(=O)c1ccc(SCC(=O)Nc2ccc(Cl)c(F)c2)c([N+](=O)[O-])c1. The summed E-state index contributed by atoms with van der Waals surface area (Å²) in [7, 11) is 0. The Morgan fingerprint density at radius 3 is 2.60 bits per heavy atom. The fraction of sp³-hybridized carbons (Fsp3) is 0.0667. The number of rotatable bonds is 6. The quantitative estimate of drug-likeness (QED) is 0.451. The second kappa shape index (κ2) is 7.95. The van der Waals surface area contributed by atoms with Gasteiger partial charge in [-0.25, -0.2) is 4.39 Å². The molecule has 0 heterocycles. The van der Waals surface area contributed by atoms with E-state index in [9.17, 15) is 24.1 Å². The highest BCUT2D eigenvalue weighted by atomic mass is 35.5. The van der Waals surface area contributed by atoms with E-state index in [4.69, 9.17) is 17.3 Å². The molecular formula is C15H11ClFN3O4S. The molecule has 0 saturated carbocycles. The zero-order chi connectivity index (χ0) is 18.6. The minimum atomic E-state index is -0.790. The molecule has 0 aliphatic rings. The maximum absolute atomic E-state index is 13.3. The van der Waals surface area contributed by atoms with Crippen LogP contribution in [0.15, 0.2) is 41.3 Å². The highest BCUT2D eigenvalue weighted by molar-refractivity contribution is 8.00. The number of anilines is 1. The van der Waals surface area contributed by atoms with Crippen molar-refractivity contribution >= 4 is 46.6 Å². The van der Waals surface area contributed by atoms with E-state index >= 15 is 0 Å². The molecule has 2 amide bonds. The summed E-state index contributed by atoms with van der Waals surface area (Å²) in [5, 5.41) is 13.5. The fourth-order valence-electron chi connectivity index (χ4n) is 1.85. The predicted molar refractivity (Wildman–Crippen MR) is 92.4 cm³/mol. The van der Waals surface area contributed by atoms with E-state index in [-0.39, 0.29) is 32.6 Å². The van der Waals surface area contributed by atoms with Gasteiger partial charge in [0.15, 0.2) is 0 Å². The van der Waals surface area contributed by atoms with Gasteiger partial charge in [0.1, 0.15) is 5.82 Å². The number of nitrogens with one attached hydrogen (secondary N) is 1. The molecule has 0 spiro atoms. The van der Waals surface area contributed by atoms with Crippen molar-refractivity contribution in [3.63, 3.8) is 0 Å². The molecule has 0 bridgehead atoms. The molecule has 0 unspecified atom stereocenters. The van der Waals surface area contributed by atoms with Gasteiger partial charge in [0, 0.05) is 17.3 Å². The Morgan fingerprint density at radius 1 is 1.28 bits per heavy atom. The van der Waals surface area contributed by atoms with Crippen LogP contribution >= 0.6 is 23.4 Å². The highest BCUT2D eigenvalue weighted by Crippen LogP contribution is 2.30. The van der Waals surface area contributed by atoms with Gasteiger partial charge < -0.3 is 11.1 Å². The Hall–Kier alpha value is -2.65. The molecule has 130 valence electrons. The molecular weight excluding hydrogens is 373 g/mol. The molecule has 0 saturated heterocycles. The average Bonchev–Trinajstić information content (AvgIpc) is 2.56. The van der Waals surface area contributed by atoms with Crippen LogP contribution in [0.2, 0.25) is 5.02 Å². The van der Waals surface area contributed by atoms with Crippen LogP contribution in [-0.2, 0) is 4.79 Å². The first kappa shape index (κ1) is 18.7. The van der Waals surface area contributed by atoms with Crippen molar-refractivity contribution in [1.82, 2.24) is 0 Å². The molecule has 2 aromatic rings. The lowest BCUT2D eigenvalue weighted by Crippen LogP contribution is -2.14. The third kappa shape index (κ3) is 4.91. The zero-order valence-corrected chi connectivity index (χ0v) is 14.1. The first-order valence-corrected chi connectivity index (χ1v) is 8.10. The Labute approximate surface area is 150 Å². The van der Waals surface area contributed by atoms with Gasteiger partial charge in [-0.3, -0.25) is 19.7 Å². The summed E-state index contributed by atoms with van der Waals surface area (Å²) in [6, 6.07) is 7.53. The van der Waals surface area contributed by atoms with Crippen molar-refractivity contribution in [2.24, 2.45) is 5.73 Å². The van der Waals surface area contributed by atoms with Crippen LogP contribution in [0.1, 0.15) is 10.4 Å². The number of amides is 2. The Kier molecular flexibility index (Phi) is 5.94. The third-order valence-corrected chi connectivity index (χ3v) is 4.37. The molecule has 0 fully saturated rings. The Bertz CT molecular complexity index is 863. The van der Waals surface area contributed by atoms with E-state index in [1.165, 1.54) is 24.3 Å². The van der Waals surface area contributed by atoms with Crippen molar-refractivity contribution in [3.05, 3.63) is 62.9 Å². The minimum absolute atomic E-state index is 0.00265. The number of benzene rings is 2. The van der Waals surface area contributed by atoms with Crippen LogP contribution in [0.3, 0.4) is 0 Å². The number of nitrogens with two attached hydrogens (primary N) is 1. The van der Waals surface area contributed by atoms with Crippen molar-refractivity contribution in [2.75, 3.05) is 11.1 Å². The van der Waals surface area contributed by atoms with Crippen LogP contribution < -0.4 is 11.1 Å². The minimum Gasteiger partial charge on any atom is -0.366 e. The van der Waals surface area contributed by atoms with Gasteiger partial charge in [-0.15, -0.1) is 11.8 Å². The maximum atomic E-state index is 13.3. The molecule has 2 aromatic carbocycles. The van der Waals surface area contributed by atoms with Gasteiger partial charge in [-0.2, -0.15) is 0 Å². The first-order chi connectivity index (χ1) is 11.8. The smallest absolute Gasteiger partial charge is 0.283 e. The number of thioether (sulfide) groups is 1. The molecule has 0 atom stereocenters. The Balaban J connectivity index is 2.07. The third-order valence-electron chi connectivity index (χ3n) is 3.00. The van der Waals surface area contributed by atoms with Gasteiger partial charge in [0.25, 0.3) is 5.69 Å². The van der Waals surface area contributed by atoms with E-state index < -0.39 is 22.6 Å². The van der Waals surface area contributed by atoms with E-state index in [1.54, 1.807) is 0 Å². The fourth-order valence-corrected chi connectivity index (χ4v) is 2.77. The number of primary amides is 1. The van der Waals surface area contributed by atoms with Gasteiger partial charge in [0.05, 0.1) is 20.6 Å². The normalized spacial score (nSPS) is 10.3. The number of nitro groups is 1. The average molecular weight is 384 g/mol. The number of nitrogens with zero attached hydrogens (tertiary/aromatic N) is 1. The largest absolute Gasteiger partial charge is 0.366 e. The number of halogens is 2. The molecule has 10 heteroatoms. The second-order valence-corrected chi connectivity index (χ2v) is 6.19. The summed E-state index contributed by atoms with van der Waals surface area (Å²) >= 11 is 6.46. The first-order valence-electron chi connectivity index (χ1n) is 6.74. The van der Waals surface area contributed by atoms with E-state index in [2.05, 4.69) is 5.32 Å². The van der Waals surface area contributed by atoms with Crippen molar-refractivity contribution in [1.29, 1.82) is 0 Å². The number of hydrogen-bond donors (Lipinski definition) is 2. The summed E-state index contributed by atoms with van der Waals surface area (Å²) in [4.78, 5) is 33.6. The molecule has 3 N–H and O–H groups in total. The van der Waals surface area contributed by atoms with Gasteiger partial charge in [-0.1, -0.05) is 11.6 Å². The lowest BCUT2D eigenvalue weighted by Gasteiger charge is -2.07. The predicted octanol–water partition coefficient (Wildman–Crippen LogP) is 3.22. The monoisotopic (exact) mass is 383 g/mol. The van der Waals surface area contributed by atoms with Gasteiger partial charge >= 0.3 is 0 Å². The van der Waals surface area contributed by atoms with Crippen molar-refractivity contribution < 1.29 is 18.9 Å². The molecule has 0 aliphatic carbocycles. The van der Waals surface area contributed by atoms with Crippen molar-refractivity contribution in [2.45, 2.75) is 4.90 Å². The van der Waals surface area contributed by atoms with Crippen molar-refractivity contribution in [3.8, 4) is 0 Å². The number of hydrogen-bond acceptors (Lipinski definition) is 5. The van der Waals surface area contributed by atoms with E-state index in [1.807, 2.05) is 0 Å². The summed E-state index contributed by atoms with van der Waals surface area (Å²) in [5.41, 5.74) is 4.98. The van der Waals surface area contributed by atoms with Crippen LogP contribution in [0.25, 0.3) is 0 Å². The van der Waals surface area contributed by atoms with Crippen LogP contribution in [-0.4, -0.2) is 22.5 Å². The molecule has 0 aromatic heterocycles. The second-order valence-electron chi connectivity index (χ2n) is 4.77. The van der Waals surface area contributed by atoms with Gasteiger partial charge in [-0.05, 0) is 30.3 Å². The zero-order valence-electron chi connectivity index (χ0n) is 12.5. The molecule has 7 nitrogen and oxygen atoms in total. The molecule has 25 heavy (non-hydrogen) atoms. The van der Waals surface area contributed by atoms with Gasteiger partial charge in [0.2, 0.25) is 11.8 Å². The Morgan fingerprint density at radius 2 is 2.00 bits per heavy atom. The van der Waals surface area contributed by atoms with E-state index in [0.717, 1.165) is 23.9 Å². The summed E-state index contributed by atoms with van der Waals surface area (Å²) in [6.45, 7) is 0. The number of carbonyl (C=O) groups is 2. The van der Waals surface area contributed by atoms with Crippen LogP contribution in [0, 0.1) is 15.9 Å². The number of nitro benzene ring substituents is 1.